The highest BCUT2D eigenvalue weighted by molar-refractivity contribution is 5.28. The van der Waals surface area contributed by atoms with Crippen LogP contribution in [0.2, 0.25) is 0 Å². The van der Waals surface area contributed by atoms with Gasteiger partial charge in [-0.1, -0.05) is 0 Å². The van der Waals surface area contributed by atoms with Crippen LogP contribution in [0, 0.1) is 0 Å². The molecule has 0 bridgehead atoms. The first-order chi connectivity index (χ1) is 5.92. The predicted octanol–water partition coefficient (Wildman–Crippen LogP) is 1.57. The Morgan fingerprint density at radius 3 is 3.00 bits per heavy atom. The van der Waals surface area contributed by atoms with Crippen LogP contribution in [0.5, 0.6) is 0 Å². The molecule has 3 heteroatoms. The van der Waals surface area contributed by atoms with Gasteiger partial charge in [-0.25, -0.2) is 0 Å². The molecular weight excluding hydrogens is 156 g/mol. The van der Waals surface area contributed by atoms with Gasteiger partial charge < -0.3 is 14.2 Å². The lowest BCUT2D eigenvalue weighted by atomic mass is 10.1. The molecule has 0 saturated heterocycles. The van der Waals surface area contributed by atoms with E-state index in [0.29, 0.717) is 13.2 Å². The van der Waals surface area contributed by atoms with E-state index in [0.717, 1.165) is 30.1 Å². The summed E-state index contributed by atoms with van der Waals surface area (Å²) in [5, 5.41) is 0. The zero-order valence-corrected chi connectivity index (χ0v) is 7.13. The third-order valence-corrected chi connectivity index (χ3v) is 2.00. The monoisotopic (exact) mass is 168 g/mol. The van der Waals surface area contributed by atoms with Gasteiger partial charge in [0.1, 0.15) is 19.0 Å². The van der Waals surface area contributed by atoms with Crippen molar-refractivity contribution in [3.05, 3.63) is 23.4 Å². The van der Waals surface area contributed by atoms with Crippen molar-refractivity contribution < 1.29 is 14.2 Å². The second-order valence-corrected chi connectivity index (χ2v) is 2.76. The van der Waals surface area contributed by atoms with Crippen molar-refractivity contribution in [3.8, 4) is 0 Å². The van der Waals surface area contributed by atoms with Crippen LogP contribution in [0.1, 0.15) is 12.8 Å². The maximum atomic E-state index is 5.45. The molecule has 1 heterocycles. The Morgan fingerprint density at radius 2 is 2.17 bits per heavy atom. The van der Waals surface area contributed by atoms with E-state index in [1.807, 2.05) is 6.08 Å². The Morgan fingerprint density at radius 1 is 1.33 bits per heavy atom. The average Bonchev–Trinajstić information content (AvgIpc) is 2.17. The highest BCUT2D eigenvalue weighted by atomic mass is 16.6. The fourth-order valence-corrected chi connectivity index (χ4v) is 1.45. The second kappa shape index (κ2) is 3.09. The largest absolute Gasteiger partial charge is 0.493 e. The van der Waals surface area contributed by atoms with Crippen molar-refractivity contribution in [1.29, 1.82) is 0 Å². The Bertz CT molecular complexity index is 240. The maximum Gasteiger partial charge on any atom is 0.198 e. The van der Waals surface area contributed by atoms with E-state index in [1.54, 1.807) is 7.11 Å². The number of methoxy groups -OCH3 is 1. The molecule has 0 amide bonds. The quantitative estimate of drug-likeness (QED) is 0.594. The van der Waals surface area contributed by atoms with Gasteiger partial charge in [0.05, 0.1) is 7.11 Å². The summed E-state index contributed by atoms with van der Waals surface area (Å²) in [7, 11) is 1.65. The standard InChI is InChI=1S/C9H12O3/c1-10-7-3-2-4-8-9(7)12-6-5-11-8/h3H,2,4-6H2,1H3. The normalized spacial score (nSPS) is 21.9. The molecule has 12 heavy (non-hydrogen) atoms. The van der Waals surface area contributed by atoms with Gasteiger partial charge in [0.2, 0.25) is 0 Å². The zero-order chi connectivity index (χ0) is 8.39. The third kappa shape index (κ3) is 1.15. The summed E-state index contributed by atoms with van der Waals surface area (Å²) < 4.78 is 16.1. The first-order valence-electron chi connectivity index (χ1n) is 4.15. The third-order valence-electron chi connectivity index (χ3n) is 2.00. The number of rotatable bonds is 1. The van der Waals surface area contributed by atoms with Crippen LogP contribution < -0.4 is 0 Å². The van der Waals surface area contributed by atoms with Crippen LogP contribution in [0.15, 0.2) is 23.4 Å². The molecular formula is C9H12O3. The molecule has 3 nitrogen and oxygen atoms in total. The highest BCUT2D eigenvalue weighted by Crippen LogP contribution is 2.29. The van der Waals surface area contributed by atoms with Gasteiger partial charge in [-0.15, -0.1) is 0 Å². The molecule has 0 aromatic heterocycles. The van der Waals surface area contributed by atoms with Crippen molar-refractivity contribution in [3.63, 3.8) is 0 Å². The molecule has 2 aliphatic rings. The van der Waals surface area contributed by atoms with Crippen molar-refractivity contribution in [1.82, 2.24) is 0 Å². The number of ether oxygens (including phenoxy) is 3. The fourth-order valence-electron chi connectivity index (χ4n) is 1.45. The van der Waals surface area contributed by atoms with Gasteiger partial charge in [-0.3, -0.25) is 0 Å². The minimum atomic E-state index is 0.625. The van der Waals surface area contributed by atoms with E-state index >= 15 is 0 Å². The smallest absolute Gasteiger partial charge is 0.198 e. The van der Waals surface area contributed by atoms with Gasteiger partial charge in [0.15, 0.2) is 11.5 Å². The van der Waals surface area contributed by atoms with Crippen LogP contribution >= 0.6 is 0 Å². The summed E-state index contributed by atoms with van der Waals surface area (Å²) in [6.07, 6.45) is 3.95. The Kier molecular flexibility index (Phi) is 1.94. The molecule has 0 atom stereocenters. The van der Waals surface area contributed by atoms with Gasteiger partial charge >= 0.3 is 0 Å². The van der Waals surface area contributed by atoms with E-state index in [1.165, 1.54) is 0 Å². The van der Waals surface area contributed by atoms with E-state index < -0.39 is 0 Å². The Hall–Kier alpha value is -1.12. The first-order valence-corrected chi connectivity index (χ1v) is 4.15. The average molecular weight is 168 g/mol. The minimum absolute atomic E-state index is 0.625. The van der Waals surface area contributed by atoms with Gasteiger partial charge in [-0.2, -0.15) is 0 Å². The van der Waals surface area contributed by atoms with E-state index in [9.17, 15) is 0 Å². The minimum Gasteiger partial charge on any atom is -0.493 e. The van der Waals surface area contributed by atoms with Crippen LogP contribution in [0.3, 0.4) is 0 Å². The lowest BCUT2D eigenvalue weighted by molar-refractivity contribution is 0.0467. The highest BCUT2D eigenvalue weighted by Gasteiger charge is 2.22. The molecule has 0 fully saturated rings. The second-order valence-electron chi connectivity index (χ2n) is 2.76. The topological polar surface area (TPSA) is 27.7 Å². The molecule has 0 saturated carbocycles. The molecule has 0 aromatic rings. The summed E-state index contributed by atoms with van der Waals surface area (Å²) in [6, 6.07) is 0. The molecule has 0 N–H and O–H groups in total. The molecule has 0 radical (unpaired) electrons. The summed E-state index contributed by atoms with van der Waals surface area (Å²) in [4.78, 5) is 0. The maximum absolute atomic E-state index is 5.45. The number of allylic oxidation sites excluding steroid dienone is 2. The molecule has 0 unspecified atom stereocenters. The zero-order valence-electron chi connectivity index (χ0n) is 7.13. The van der Waals surface area contributed by atoms with Crippen molar-refractivity contribution in [2.45, 2.75) is 12.8 Å². The van der Waals surface area contributed by atoms with Gasteiger partial charge in [0.25, 0.3) is 0 Å². The summed E-state index contributed by atoms with van der Waals surface area (Å²) in [5.74, 6) is 2.56. The Balaban J connectivity index is 2.26. The summed E-state index contributed by atoms with van der Waals surface area (Å²) in [6.45, 7) is 1.29. The van der Waals surface area contributed by atoms with Crippen molar-refractivity contribution >= 4 is 0 Å². The van der Waals surface area contributed by atoms with Crippen molar-refractivity contribution in [2.24, 2.45) is 0 Å². The van der Waals surface area contributed by atoms with Crippen LogP contribution in [-0.4, -0.2) is 20.3 Å². The Labute approximate surface area is 71.6 Å². The summed E-state index contributed by atoms with van der Waals surface area (Å²) in [5.41, 5.74) is 0. The summed E-state index contributed by atoms with van der Waals surface area (Å²) >= 11 is 0. The lowest BCUT2D eigenvalue weighted by Gasteiger charge is -2.25. The van der Waals surface area contributed by atoms with E-state index in [-0.39, 0.29) is 0 Å². The fraction of sp³-hybridized carbons (Fsp3) is 0.556. The molecule has 2 rings (SSSR count). The first kappa shape index (κ1) is 7.53. The number of hydrogen-bond acceptors (Lipinski definition) is 3. The van der Waals surface area contributed by atoms with Crippen LogP contribution in [0.25, 0.3) is 0 Å². The lowest BCUT2D eigenvalue weighted by Crippen LogP contribution is -2.17. The number of hydrogen-bond donors (Lipinski definition) is 0. The molecule has 0 aromatic carbocycles. The van der Waals surface area contributed by atoms with Gasteiger partial charge in [-0.05, 0) is 12.5 Å². The van der Waals surface area contributed by atoms with Crippen LogP contribution in [-0.2, 0) is 14.2 Å². The van der Waals surface area contributed by atoms with E-state index in [2.05, 4.69) is 0 Å². The molecule has 1 aliphatic heterocycles. The van der Waals surface area contributed by atoms with Gasteiger partial charge in [0, 0.05) is 6.42 Å². The van der Waals surface area contributed by atoms with Crippen LogP contribution in [0.4, 0.5) is 0 Å². The molecule has 66 valence electrons. The molecule has 0 spiro atoms. The SMILES string of the molecule is COC1=CCCC2=C1OCCO2. The van der Waals surface area contributed by atoms with Crippen molar-refractivity contribution in [2.75, 3.05) is 20.3 Å². The predicted molar refractivity (Wildman–Crippen MR) is 43.3 cm³/mol. The van der Waals surface area contributed by atoms with E-state index in [4.69, 9.17) is 14.2 Å². The molecule has 1 aliphatic carbocycles.